The summed E-state index contributed by atoms with van der Waals surface area (Å²) in [4.78, 5) is 0. The molecule has 1 aromatic rings. The zero-order chi connectivity index (χ0) is 12.7. The fourth-order valence-electron chi connectivity index (χ4n) is 1.40. The van der Waals surface area contributed by atoms with Gasteiger partial charge in [-0.1, -0.05) is 24.3 Å². The lowest BCUT2D eigenvalue weighted by Gasteiger charge is -2.18. The fourth-order valence-corrected chi connectivity index (χ4v) is 1.40. The van der Waals surface area contributed by atoms with Gasteiger partial charge in [-0.25, -0.2) is 0 Å². The predicted octanol–water partition coefficient (Wildman–Crippen LogP) is 3.49. The van der Waals surface area contributed by atoms with Crippen LogP contribution in [0.1, 0.15) is 33.3 Å². The summed E-state index contributed by atoms with van der Waals surface area (Å²) in [5, 5.41) is 3.41. The second-order valence-electron chi connectivity index (χ2n) is 5.04. The Morgan fingerprint density at radius 2 is 1.82 bits per heavy atom. The van der Waals surface area contributed by atoms with Crippen molar-refractivity contribution in [2.45, 2.75) is 33.2 Å². The van der Waals surface area contributed by atoms with Crippen LogP contribution in [-0.4, -0.2) is 18.7 Å². The van der Waals surface area contributed by atoms with Crippen LogP contribution in [0, 0.1) is 0 Å². The van der Waals surface area contributed by atoms with E-state index in [4.69, 9.17) is 4.74 Å². The third-order valence-corrected chi connectivity index (χ3v) is 2.25. The molecule has 0 aliphatic carbocycles. The van der Waals surface area contributed by atoms with Gasteiger partial charge < -0.3 is 10.1 Å². The maximum Gasteiger partial charge on any atom is 0.119 e. The topological polar surface area (TPSA) is 21.3 Å². The average molecular weight is 233 g/mol. The van der Waals surface area contributed by atoms with Crippen molar-refractivity contribution in [1.82, 2.24) is 5.32 Å². The van der Waals surface area contributed by atoms with Gasteiger partial charge in [-0.3, -0.25) is 0 Å². The van der Waals surface area contributed by atoms with Crippen molar-refractivity contribution >= 4 is 6.08 Å². The highest BCUT2D eigenvalue weighted by atomic mass is 16.5. The summed E-state index contributed by atoms with van der Waals surface area (Å²) in [5.41, 5.74) is 1.37. The van der Waals surface area contributed by atoms with Crippen molar-refractivity contribution in [2.24, 2.45) is 0 Å². The predicted molar refractivity (Wildman–Crippen MR) is 74.4 cm³/mol. The normalized spacial score (nSPS) is 12.0. The largest absolute Gasteiger partial charge is 0.494 e. The molecule has 0 saturated heterocycles. The molecule has 0 spiro atoms. The minimum atomic E-state index is 0.170. The number of nitrogens with one attached hydrogen (secondary N) is 1. The number of hydrogen-bond donors (Lipinski definition) is 1. The van der Waals surface area contributed by atoms with Gasteiger partial charge in [-0.05, 0) is 45.4 Å². The maximum atomic E-state index is 5.39. The zero-order valence-electron chi connectivity index (χ0n) is 11.3. The first-order valence-corrected chi connectivity index (χ1v) is 6.16. The van der Waals surface area contributed by atoms with E-state index in [0.717, 1.165) is 12.3 Å². The minimum absolute atomic E-state index is 0.170. The van der Waals surface area contributed by atoms with Gasteiger partial charge in [0.1, 0.15) is 5.75 Å². The second kappa shape index (κ2) is 6.45. The molecule has 0 aliphatic rings. The van der Waals surface area contributed by atoms with Crippen LogP contribution in [0.4, 0.5) is 0 Å². The molecule has 0 radical (unpaired) electrons. The Morgan fingerprint density at radius 3 is 2.35 bits per heavy atom. The molecular formula is C15H23NO. The Kier molecular flexibility index (Phi) is 5.23. The van der Waals surface area contributed by atoms with Gasteiger partial charge in [-0.2, -0.15) is 0 Å². The van der Waals surface area contributed by atoms with E-state index in [1.807, 2.05) is 19.1 Å². The Balaban J connectivity index is 2.43. The van der Waals surface area contributed by atoms with Crippen LogP contribution >= 0.6 is 0 Å². The van der Waals surface area contributed by atoms with E-state index in [2.05, 4.69) is 50.4 Å². The van der Waals surface area contributed by atoms with Gasteiger partial charge in [-0.15, -0.1) is 0 Å². The summed E-state index contributed by atoms with van der Waals surface area (Å²) in [5.74, 6) is 0.928. The fraction of sp³-hybridized carbons (Fsp3) is 0.467. The lowest BCUT2D eigenvalue weighted by atomic mass is 10.1. The monoisotopic (exact) mass is 233 g/mol. The van der Waals surface area contributed by atoms with Crippen LogP contribution in [0.3, 0.4) is 0 Å². The van der Waals surface area contributed by atoms with E-state index in [1.165, 1.54) is 5.56 Å². The van der Waals surface area contributed by atoms with Crippen molar-refractivity contribution in [3.63, 3.8) is 0 Å². The number of rotatable bonds is 5. The van der Waals surface area contributed by atoms with Crippen molar-refractivity contribution in [2.75, 3.05) is 13.2 Å². The Labute approximate surface area is 105 Å². The molecule has 1 aromatic carbocycles. The van der Waals surface area contributed by atoms with Crippen molar-refractivity contribution in [3.8, 4) is 5.75 Å². The van der Waals surface area contributed by atoms with Crippen LogP contribution in [0.15, 0.2) is 30.3 Å². The number of hydrogen-bond acceptors (Lipinski definition) is 2. The zero-order valence-corrected chi connectivity index (χ0v) is 11.3. The molecule has 0 aromatic heterocycles. The molecule has 0 saturated carbocycles. The summed E-state index contributed by atoms with van der Waals surface area (Å²) in [6, 6.07) is 8.14. The Hall–Kier alpha value is -1.28. The Morgan fingerprint density at radius 1 is 1.18 bits per heavy atom. The van der Waals surface area contributed by atoms with Gasteiger partial charge >= 0.3 is 0 Å². The van der Waals surface area contributed by atoms with Crippen LogP contribution in [0.2, 0.25) is 0 Å². The molecule has 2 nitrogen and oxygen atoms in total. The van der Waals surface area contributed by atoms with Crippen LogP contribution in [0.25, 0.3) is 6.08 Å². The summed E-state index contributed by atoms with van der Waals surface area (Å²) in [6.45, 7) is 10.1. The van der Waals surface area contributed by atoms with Crippen LogP contribution < -0.4 is 10.1 Å². The Bertz CT molecular complexity index is 346. The molecular weight excluding hydrogens is 210 g/mol. The third kappa shape index (κ3) is 6.12. The molecule has 0 unspecified atom stereocenters. The first kappa shape index (κ1) is 13.8. The minimum Gasteiger partial charge on any atom is -0.494 e. The molecule has 0 aliphatic heterocycles. The number of benzene rings is 1. The molecule has 0 atom stereocenters. The highest BCUT2D eigenvalue weighted by Gasteiger charge is 2.05. The SMILES string of the molecule is CCOc1ccc(C=CCNC(C)(C)C)cc1. The quantitative estimate of drug-likeness (QED) is 0.840. The number of ether oxygens (including phenoxy) is 1. The van der Waals surface area contributed by atoms with Crippen molar-refractivity contribution in [3.05, 3.63) is 35.9 Å². The summed E-state index contributed by atoms with van der Waals surface area (Å²) in [6.07, 6.45) is 4.26. The molecule has 0 bridgehead atoms. The van der Waals surface area contributed by atoms with Gasteiger partial charge in [0.25, 0.3) is 0 Å². The molecule has 1 N–H and O–H groups in total. The lowest BCUT2D eigenvalue weighted by molar-refractivity contribution is 0.340. The van der Waals surface area contributed by atoms with Gasteiger partial charge in [0.15, 0.2) is 0 Å². The van der Waals surface area contributed by atoms with E-state index >= 15 is 0 Å². The van der Waals surface area contributed by atoms with E-state index < -0.39 is 0 Å². The smallest absolute Gasteiger partial charge is 0.119 e. The molecule has 0 amide bonds. The summed E-state index contributed by atoms with van der Waals surface area (Å²) < 4.78 is 5.39. The first-order valence-electron chi connectivity index (χ1n) is 6.16. The molecule has 1 rings (SSSR count). The van der Waals surface area contributed by atoms with Gasteiger partial charge in [0.05, 0.1) is 6.61 Å². The summed E-state index contributed by atoms with van der Waals surface area (Å²) >= 11 is 0. The summed E-state index contributed by atoms with van der Waals surface area (Å²) in [7, 11) is 0. The first-order chi connectivity index (χ1) is 8.01. The molecule has 17 heavy (non-hydrogen) atoms. The molecule has 0 fully saturated rings. The highest BCUT2D eigenvalue weighted by Crippen LogP contribution is 2.12. The molecule has 2 heteroatoms. The highest BCUT2D eigenvalue weighted by molar-refractivity contribution is 5.50. The standard InChI is InChI=1S/C15H23NO/c1-5-17-14-10-8-13(9-11-14)7-6-12-16-15(2,3)4/h6-11,16H,5,12H2,1-4H3. The van der Waals surface area contributed by atoms with Gasteiger partial charge in [0.2, 0.25) is 0 Å². The molecule has 0 heterocycles. The van der Waals surface area contributed by atoms with E-state index in [-0.39, 0.29) is 5.54 Å². The van der Waals surface area contributed by atoms with Crippen molar-refractivity contribution in [1.29, 1.82) is 0 Å². The maximum absolute atomic E-state index is 5.39. The molecule has 94 valence electrons. The van der Waals surface area contributed by atoms with E-state index in [0.29, 0.717) is 6.61 Å². The van der Waals surface area contributed by atoms with Crippen molar-refractivity contribution < 1.29 is 4.74 Å². The lowest BCUT2D eigenvalue weighted by Crippen LogP contribution is -2.35. The van der Waals surface area contributed by atoms with E-state index in [9.17, 15) is 0 Å². The second-order valence-corrected chi connectivity index (χ2v) is 5.04. The third-order valence-electron chi connectivity index (χ3n) is 2.25. The van der Waals surface area contributed by atoms with Crippen LogP contribution in [0.5, 0.6) is 5.75 Å². The average Bonchev–Trinajstić information content (AvgIpc) is 2.26. The van der Waals surface area contributed by atoms with Gasteiger partial charge in [0, 0.05) is 12.1 Å². The van der Waals surface area contributed by atoms with Crippen LogP contribution in [-0.2, 0) is 0 Å². The van der Waals surface area contributed by atoms with E-state index in [1.54, 1.807) is 0 Å².